The first kappa shape index (κ1) is 20.6. The quantitative estimate of drug-likeness (QED) is 0.533. The van der Waals surface area contributed by atoms with Crippen molar-refractivity contribution in [2.75, 3.05) is 13.1 Å². The molecular formula is C22H22ClN3O4. The number of nitrogens with zero attached hydrogens (tertiary/aromatic N) is 2. The van der Waals surface area contributed by atoms with E-state index in [0.717, 1.165) is 11.1 Å². The first-order chi connectivity index (χ1) is 14.1. The summed E-state index contributed by atoms with van der Waals surface area (Å²) < 4.78 is 1.82. The molecule has 1 fully saturated rings. The van der Waals surface area contributed by atoms with Gasteiger partial charge in [0.05, 0.1) is 18.6 Å². The van der Waals surface area contributed by atoms with Crippen molar-refractivity contribution >= 4 is 28.4 Å². The van der Waals surface area contributed by atoms with Crippen LogP contribution >= 0.6 is 11.6 Å². The molecule has 0 aliphatic carbocycles. The summed E-state index contributed by atoms with van der Waals surface area (Å²) in [7, 11) is 1.81. The Morgan fingerprint density at radius 1 is 1.13 bits per heavy atom. The number of benzene rings is 2. The van der Waals surface area contributed by atoms with Gasteiger partial charge in [-0.3, -0.25) is 14.5 Å². The summed E-state index contributed by atoms with van der Waals surface area (Å²) >= 11 is 5.95. The van der Waals surface area contributed by atoms with Gasteiger partial charge >= 0.3 is 0 Å². The number of likely N-dealkylation sites (tertiary alicyclic amines) is 1. The summed E-state index contributed by atoms with van der Waals surface area (Å²) in [6, 6.07) is 12.7. The number of hydrogen-bond acceptors (Lipinski definition) is 5. The fraction of sp³-hybridized carbons (Fsp3) is 0.273. The zero-order valence-electron chi connectivity index (χ0n) is 16.4. The Hall–Kier alpha value is -2.71. The van der Waals surface area contributed by atoms with Crippen molar-refractivity contribution in [2.24, 2.45) is 12.8 Å². The minimum Gasteiger partial charge on any atom is -0.365 e. The van der Waals surface area contributed by atoms with Crippen LogP contribution in [0.15, 0.2) is 47.3 Å². The van der Waals surface area contributed by atoms with Gasteiger partial charge < -0.3 is 20.5 Å². The van der Waals surface area contributed by atoms with Crippen LogP contribution in [-0.2, 0) is 20.0 Å². The zero-order valence-corrected chi connectivity index (χ0v) is 17.2. The first-order valence-corrected chi connectivity index (χ1v) is 9.88. The highest BCUT2D eigenvalue weighted by molar-refractivity contribution is 6.30. The number of fused-ring (bicyclic) bond motifs is 1. The van der Waals surface area contributed by atoms with E-state index in [1.165, 1.54) is 0 Å². The molecule has 156 valence electrons. The van der Waals surface area contributed by atoms with Gasteiger partial charge in [-0.15, -0.1) is 0 Å². The molecule has 1 aromatic heterocycles. The molecule has 2 heterocycles. The van der Waals surface area contributed by atoms with E-state index in [-0.39, 0.29) is 18.7 Å². The highest BCUT2D eigenvalue weighted by Gasteiger charge is 2.38. The Bertz CT molecular complexity index is 1190. The molecule has 0 saturated carbocycles. The summed E-state index contributed by atoms with van der Waals surface area (Å²) in [5.41, 5.74) is 8.16. The molecular weight excluding hydrogens is 406 g/mol. The van der Waals surface area contributed by atoms with Gasteiger partial charge in [-0.25, -0.2) is 0 Å². The summed E-state index contributed by atoms with van der Waals surface area (Å²) in [5, 5.41) is 20.0. The van der Waals surface area contributed by atoms with Crippen LogP contribution in [0.2, 0.25) is 5.02 Å². The van der Waals surface area contributed by atoms with Crippen LogP contribution in [0.4, 0.5) is 0 Å². The lowest BCUT2D eigenvalue weighted by Crippen LogP contribution is -2.61. The van der Waals surface area contributed by atoms with Crippen LogP contribution in [0.1, 0.15) is 27.2 Å². The molecule has 2 aromatic carbocycles. The first-order valence-electron chi connectivity index (χ1n) is 9.50. The van der Waals surface area contributed by atoms with Crippen molar-refractivity contribution in [3.05, 3.63) is 80.1 Å². The fourth-order valence-electron chi connectivity index (χ4n) is 4.03. The van der Waals surface area contributed by atoms with Gasteiger partial charge in [-0.2, -0.15) is 0 Å². The molecule has 0 atom stereocenters. The number of nitrogens with two attached hydrogens (primary N) is 1. The fourth-order valence-corrected chi connectivity index (χ4v) is 4.16. The Balaban J connectivity index is 1.77. The van der Waals surface area contributed by atoms with Crippen LogP contribution in [-0.4, -0.2) is 44.5 Å². The van der Waals surface area contributed by atoms with E-state index in [4.69, 9.17) is 17.3 Å². The average Bonchev–Trinajstić information content (AvgIpc) is 2.66. The van der Waals surface area contributed by atoms with Gasteiger partial charge in [-0.05, 0) is 35.4 Å². The molecule has 1 aliphatic heterocycles. The normalized spacial score (nSPS) is 15.9. The number of primary amides is 1. The number of pyridine rings is 1. The van der Waals surface area contributed by atoms with Crippen molar-refractivity contribution in [2.45, 2.75) is 18.8 Å². The van der Waals surface area contributed by atoms with Crippen LogP contribution < -0.4 is 11.2 Å². The number of aliphatic hydroxyl groups is 2. The van der Waals surface area contributed by atoms with Gasteiger partial charge in [0.2, 0.25) is 5.43 Å². The molecule has 8 heteroatoms. The van der Waals surface area contributed by atoms with Gasteiger partial charge in [0.25, 0.3) is 5.91 Å². The number of carbonyl (C=O) groups excluding carboxylic acids is 1. The Labute approximate surface area is 177 Å². The largest absolute Gasteiger partial charge is 0.365 e. The van der Waals surface area contributed by atoms with Crippen molar-refractivity contribution in [3.8, 4) is 0 Å². The van der Waals surface area contributed by atoms with Gasteiger partial charge in [-0.1, -0.05) is 29.8 Å². The van der Waals surface area contributed by atoms with Crippen molar-refractivity contribution in [1.82, 2.24) is 9.47 Å². The number of β-amino-alcohol motifs (C(OH)–C–C–N with tert-alkyl or cyclic N) is 2. The third-order valence-electron chi connectivity index (χ3n) is 5.48. The molecule has 4 N–H and O–H groups in total. The highest BCUT2D eigenvalue weighted by Crippen LogP contribution is 2.24. The van der Waals surface area contributed by atoms with Crippen LogP contribution in [0.3, 0.4) is 0 Å². The molecule has 1 aliphatic rings. The monoisotopic (exact) mass is 427 g/mol. The SMILES string of the molecule is Cn1c(Cc2ccc(Cl)cc2)c(C(N)=O)c(=O)c2cc(CN3CC(O)(O)C3)ccc21. The zero-order chi connectivity index (χ0) is 21.6. The maximum Gasteiger partial charge on any atom is 0.254 e. The lowest BCUT2D eigenvalue weighted by molar-refractivity contribution is -0.245. The lowest BCUT2D eigenvalue weighted by Gasteiger charge is -2.42. The summed E-state index contributed by atoms with van der Waals surface area (Å²) in [6.45, 7) is 0.769. The summed E-state index contributed by atoms with van der Waals surface area (Å²) in [5.74, 6) is -2.41. The predicted molar refractivity (Wildman–Crippen MR) is 114 cm³/mol. The minimum atomic E-state index is -1.65. The molecule has 0 radical (unpaired) electrons. The lowest BCUT2D eigenvalue weighted by atomic mass is 9.99. The molecule has 7 nitrogen and oxygen atoms in total. The van der Waals surface area contributed by atoms with E-state index in [1.54, 1.807) is 25.2 Å². The van der Waals surface area contributed by atoms with Crippen molar-refractivity contribution < 1.29 is 15.0 Å². The third-order valence-corrected chi connectivity index (χ3v) is 5.73. The number of halogens is 1. The van der Waals surface area contributed by atoms with Crippen LogP contribution in [0, 0.1) is 0 Å². The minimum absolute atomic E-state index is 0.0224. The second-order valence-electron chi connectivity index (χ2n) is 7.86. The second kappa shape index (κ2) is 7.52. The molecule has 30 heavy (non-hydrogen) atoms. The number of rotatable bonds is 5. The molecule has 0 bridgehead atoms. The van der Waals surface area contributed by atoms with E-state index in [1.807, 2.05) is 33.7 Å². The maximum atomic E-state index is 13.2. The van der Waals surface area contributed by atoms with E-state index in [2.05, 4.69) is 0 Å². The number of hydrogen-bond donors (Lipinski definition) is 3. The van der Waals surface area contributed by atoms with Crippen molar-refractivity contribution in [3.63, 3.8) is 0 Å². The Kier molecular flexibility index (Phi) is 5.15. The van der Waals surface area contributed by atoms with E-state index >= 15 is 0 Å². The predicted octanol–water partition coefficient (Wildman–Crippen LogP) is 1.38. The molecule has 0 spiro atoms. The summed E-state index contributed by atoms with van der Waals surface area (Å²) in [6.07, 6.45) is 0.363. The number of amides is 1. The number of carbonyl (C=O) groups is 1. The smallest absolute Gasteiger partial charge is 0.254 e. The standard InChI is InChI=1S/C22H22ClN3O4/c1-25-17-7-4-14(10-26-11-22(29,30)12-26)8-16(17)20(27)19(21(24)28)18(25)9-13-2-5-15(23)6-3-13/h2-8,29-30H,9-12H2,1H3,(H2,24,28). The van der Waals surface area contributed by atoms with E-state index < -0.39 is 17.1 Å². The summed E-state index contributed by atoms with van der Waals surface area (Å²) in [4.78, 5) is 27.2. The van der Waals surface area contributed by atoms with Gasteiger partial charge in [0, 0.05) is 36.1 Å². The Morgan fingerprint density at radius 2 is 1.77 bits per heavy atom. The van der Waals surface area contributed by atoms with Gasteiger partial charge in [0.1, 0.15) is 5.56 Å². The number of aromatic nitrogens is 1. The Morgan fingerprint density at radius 3 is 2.37 bits per heavy atom. The van der Waals surface area contributed by atoms with Crippen LogP contribution in [0.5, 0.6) is 0 Å². The topological polar surface area (TPSA) is 109 Å². The molecule has 4 rings (SSSR count). The van der Waals surface area contributed by atoms with Gasteiger partial charge in [0.15, 0.2) is 5.79 Å². The molecule has 1 saturated heterocycles. The molecule has 3 aromatic rings. The third kappa shape index (κ3) is 3.85. The average molecular weight is 428 g/mol. The van der Waals surface area contributed by atoms with E-state index in [9.17, 15) is 19.8 Å². The molecule has 0 unspecified atom stereocenters. The van der Waals surface area contributed by atoms with Crippen LogP contribution in [0.25, 0.3) is 10.9 Å². The second-order valence-corrected chi connectivity index (χ2v) is 8.29. The maximum absolute atomic E-state index is 13.2. The van der Waals surface area contributed by atoms with Crippen molar-refractivity contribution in [1.29, 1.82) is 0 Å². The molecule has 1 amide bonds. The van der Waals surface area contributed by atoms with E-state index in [0.29, 0.717) is 34.6 Å². The highest BCUT2D eigenvalue weighted by atomic mass is 35.5. The number of aryl methyl sites for hydroxylation is 1.